The fourth-order valence-electron chi connectivity index (χ4n) is 2.45. The van der Waals surface area contributed by atoms with E-state index in [1.807, 2.05) is 54.6 Å². The van der Waals surface area contributed by atoms with Gasteiger partial charge in [0.1, 0.15) is 5.75 Å². The molecular weight excluding hydrogens is 356 g/mol. The Balaban J connectivity index is 1.47. The van der Waals surface area contributed by atoms with Crippen molar-refractivity contribution in [1.29, 1.82) is 0 Å². The van der Waals surface area contributed by atoms with E-state index in [-0.39, 0.29) is 12.2 Å². The third-order valence-electron chi connectivity index (χ3n) is 3.89. The van der Waals surface area contributed by atoms with Crippen LogP contribution in [0.3, 0.4) is 0 Å². The number of carbonyl (C=O) groups is 2. The third-order valence-corrected chi connectivity index (χ3v) is 3.89. The lowest BCUT2D eigenvalue weighted by atomic mass is 10.1. The lowest BCUT2D eigenvalue weighted by molar-refractivity contribution is -0.123. The first-order valence-electron chi connectivity index (χ1n) is 8.55. The van der Waals surface area contributed by atoms with Crippen molar-refractivity contribution in [3.63, 3.8) is 0 Å². The monoisotopic (exact) mass is 374 g/mol. The van der Waals surface area contributed by atoms with Crippen molar-refractivity contribution < 1.29 is 19.4 Å². The minimum atomic E-state index is -0.995. The van der Waals surface area contributed by atoms with Crippen LogP contribution >= 0.6 is 0 Å². The number of hydrogen-bond donors (Lipinski definition) is 2. The average molecular weight is 374 g/mol. The highest BCUT2D eigenvalue weighted by atomic mass is 16.5. The van der Waals surface area contributed by atoms with Gasteiger partial charge in [-0.05, 0) is 41.0 Å². The quantitative estimate of drug-likeness (QED) is 0.489. The van der Waals surface area contributed by atoms with E-state index in [0.717, 1.165) is 11.1 Å². The molecule has 0 aliphatic carbocycles. The summed E-state index contributed by atoms with van der Waals surface area (Å²) in [6.07, 6.45) is 1.43. The number of carbonyl (C=O) groups excluding carboxylic acids is 1. The summed E-state index contributed by atoms with van der Waals surface area (Å²) in [5, 5.41) is 12.7. The van der Waals surface area contributed by atoms with Crippen molar-refractivity contribution in [2.24, 2.45) is 5.10 Å². The Hall–Kier alpha value is -3.93. The van der Waals surface area contributed by atoms with Gasteiger partial charge in [0, 0.05) is 0 Å². The molecule has 0 heterocycles. The lowest BCUT2D eigenvalue weighted by Gasteiger charge is -2.06. The normalized spacial score (nSPS) is 10.6. The average Bonchev–Trinajstić information content (AvgIpc) is 2.73. The smallest absolute Gasteiger partial charge is 0.335 e. The molecular formula is C22H18N2O4. The van der Waals surface area contributed by atoms with E-state index in [0.29, 0.717) is 11.3 Å². The van der Waals surface area contributed by atoms with Crippen molar-refractivity contribution >= 4 is 18.1 Å². The molecule has 2 N–H and O–H groups in total. The predicted molar refractivity (Wildman–Crippen MR) is 107 cm³/mol. The SMILES string of the molecule is O=C(COc1ccc(-c2ccccc2)cc1)NN=Cc1ccc(C(=O)O)cc1. The van der Waals surface area contributed by atoms with Gasteiger partial charge in [0.25, 0.3) is 5.91 Å². The number of aromatic carboxylic acids is 1. The Morgan fingerprint density at radius 3 is 2.18 bits per heavy atom. The molecule has 0 atom stereocenters. The maximum atomic E-state index is 11.8. The minimum absolute atomic E-state index is 0.167. The van der Waals surface area contributed by atoms with E-state index in [2.05, 4.69) is 10.5 Å². The molecule has 3 rings (SSSR count). The van der Waals surface area contributed by atoms with E-state index in [4.69, 9.17) is 9.84 Å². The molecule has 3 aromatic rings. The highest BCUT2D eigenvalue weighted by molar-refractivity contribution is 5.89. The minimum Gasteiger partial charge on any atom is -0.484 e. The van der Waals surface area contributed by atoms with Gasteiger partial charge >= 0.3 is 5.97 Å². The van der Waals surface area contributed by atoms with Crippen LogP contribution in [0, 0.1) is 0 Å². The molecule has 0 aromatic heterocycles. The maximum Gasteiger partial charge on any atom is 0.335 e. The van der Waals surface area contributed by atoms with E-state index >= 15 is 0 Å². The standard InChI is InChI=1S/C22H18N2O4/c25-21(24-23-14-16-6-8-19(9-7-16)22(26)27)15-28-20-12-10-18(11-13-20)17-4-2-1-3-5-17/h1-14H,15H2,(H,24,25)(H,26,27). The number of nitrogens with zero attached hydrogens (tertiary/aromatic N) is 1. The molecule has 0 saturated carbocycles. The molecule has 0 fully saturated rings. The van der Waals surface area contributed by atoms with Crippen LogP contribution in [0.5, 0.6) is 5.75 Å². The molecule has 6 nitrogen and oxygen atoms in total. The summed E-state index contributed by atoms with van der Waals surface area (Å²) in [7, 11) is 0. The first-order chi connectivity index (χ1) is 13.6. The van der Waals surface area contributed by atoms with Crippen molar-refractivity contribution in [2.45, 2.75) is 0 Å². The Morgan fingerprint density at radius 1 is 0.893 bits per heavy atom. The fourth-order valence-corrected chi connectivity index (χ4v) is 2.45. The van der Waals surface area contributed by atoms with Gasteiger partial charge in [-0.2, -0.15) is 5.10 Å². The topological polar surface area (TPSA) is 88.0 Å². The first kappa shape index (κ1) is 18.8. The third kappa shape index (κ3) is 5.28. The summed E-state index contributed by atoms with van der Waals surface area (Å²) >= 11 is 0. The second-order valence-electron chi connectivity index (χ2n) is 5.90. The summed E-state index contributed by atoms with van der Waals surface area (Å²) in [6.45, 7) is -0.167. The lowest BCUT2D eigenvalue weighted by Crippen LogP contribution is -2.24. The van der Waals surface area contributed by atoms with Crippen molar-refractivity contribution in [1.82, 2.24) is 5.43 Å². The Kier molecular flexibility index (Phi) is 6.15. The Morgan fingerprint density at radius 2 is 1.54 bits per heavy atom. The number of carboxylic acids is 1. The molecule has 3 aromatic carbocycles. The van der Waals surface area contributed by atoms with Crippen molar-refractivity contribution in [2.75, 3.05) is 6.61 Å². The van der Waals surface area contributed by atoms with Gasteiger partial charge in [0.2, 0.25) is 0 Å². The number of hydrogen-bond acceptors (Lipinski definition) is 4. The molecule has 6 heteroatoms. The number of ether oxygens (including phenoxy) is 1. The van der Waals surface area contributed by atoms with Gasteiger partial charge < -0.3 is 9.84 Å². The van der Waals surface area contributed by atoms with Crippen LogP contribution in [-0.4, -0.2) is 29.8 Å². The van der Waals surface area contributed by atoms with Gasteiger partial charge in [0.05, 0.1) is 11.8 Å². The van der Waals surface area contributed by atoms with Crippen LogP contribution in [-0.2, 0) is 4.79 Å². The summed E-state index contributed by atoms with van der Waals surface area (Å²) in [4.78, 5) is 22.6. The van der Waals surface area contributed by atoms with Crippen LogP contribution < -0.4 is 10.2 Å². The van der Waals surface area contributed by atoms with Gasteiger partial charge in [0.15, 0.2) is 6.61 Å². The predicted octanol–water partition coefficient (Wildman–Crippen LogP) is 3.58. The number of amides is 1. The zero-order chi connectivity index (χ0) is 19.8. The molecule has 28 heavy (non-hydrogen) atoms. The number of benzene rings is 3. The molecule has 0 spiro atoms. The Labute approximate surface area is 162 Å². The fraction of sp³-hybridized carbons (Fsp3) is 0.0455. The van der Waals surface area contributed by atoms with E-state index in [1.54, 1.807) is 12.1 Å². The molecule has 0 bridgehead atoms. The van der Waals surface area contributed by atoms with Gasteiger partial charge in [-0.15, -0.1) is 0 Å². The second-order valence-corrected chi connectivity index (χ2v) is 5.90. The van der Waals surface area contributed by atoms with E-state index < -0.39 is 11.9 Å². The number of nitrogens with one attached hydrogen (secondary N) is 1. The zero-order valence-electron chi connectivity index (χ0n) is 14.9. The highest BCUT2D eigenvalue weighted by Crippen LogP contribution is 2.21. The summed E-state index contributed by atoms with van der Waals surface area (Å²) in [5.41, 5.74) is 5.40. The van der Waals surface area contributed by atoms with E-state index in [1.165, 1.54) is 18.3 Å². The van der Waals surface area contributed by atoms with E-state index in [9.17, 15) is 9.59 Å². The summed E-state index contributed by atoms with van der Waals surface area (Å²) < 4.78 is 5.45. The Bertz CT molecular complexity index is 966. The van der Waals surface area contributed by atoms with Crippen LogP contribution in [0.4, 0.5) is 0 Å². The molecule has 0 radical (unpaired) electrons. The maximum absolute atomic E-state index is 11.8. The van der Waals surface area contributed by atoms with Crippen LogP contribution in [0.1, 0.15) is 15.9 Å². The molecule has 0 unspecified atom stereocenters. The zero-order valence-corrected chi connectivity index (χ0v) is 14.9. The molecule has 1 amide bonds. The summed E-state index contributed by atoms with van der Waals surface area (Å²) in [5.74, 6) is -0.806. The van der Waals surface area contributed by atoms with Crippen molar-refractivity contribution in [3.05, 3.63) is 90.0 Å². The summed E-state index contributed by atoms with van der Waals surface area (Å²) in [6, 6.07) is 23.6. The number of hydrazone groups is 1. The van der Waals surface area contributed by atoms with Crippen LogP contribution in [0.25, 0.3) is 11.1 Å². The van der Waals surface area contributed by atoms with Crippen LogP contribution in [0.15, 0.2) is 84.0 Å². The first-order valence-corrected chi connectivity index (χ1v) is 8.55. The van der Waals surface area contributed by atoms with Gasteiger partial charge in [-0.3, -0.25) is 4.79 Å². The van der Waals surface area contributed by atoms with Crippen molar-refractivity contribution in [3.8, 4) is 16.9 Å². The highest BCUT2D eigenvalue weighted by Gasteiger charge is 2.03. The molecule has 140 valence electrons. The van der Waals surface area contributed by atoms with Crippen LogP contribution in [0.2, 0.25) is 0 Å². The van der Waals surface area contributed by atoms with Gasteiger partial charge in [-0.1, -0.05) is 54.6 Å². The number of rotatable bonds is 7. The largest absolute Gasteiger partial charge is 0.484 e. The second kappa shape index (κ2) is 9.14. The molecule has 0 aliphatic heterocycles. The number of carboxylic acid groups (broad SMARTS) is 1. The molecule has 0 saturated heterocycles. The molecule has 0 aliphatic rings. The van der Waals surface area contributed by atoms with Gasteiger partial charge in [-0.25, -0.2) is 10.2 Å².